The standard InChI is InChI=1S/C14H23N5O/c1-3-5-7-12-8-6-10-19(12)14(20)15-13-11-18(9-4-2)17-16-13/h6,8,11-12H,3-5,7,9-10H2,1-2H3,(H,15,20)/t12-/m0/s1. The Balaban J connectivity index is 1.90. The van der Waals surface area contributed by atoms with Gasteiger partial charge in [-0.15, -0.1) is 5.10 Å². The van der Waals surface area contributed by atoms with E-state index in [1.165, 1.54) is 0 Å². The summed E-state index contributed by atoms with van der Waals surface area (Å²) in [4.78, 5) is 14.1. The maximum absolute atomic E-state index is 12.3. The minimum Gasteiger partial charge on any atom is -0.314 e. The van der Waals surface area contributed by atoms with E-state index in [1.807, 2.05) is 11.0 Å². The summed E-state index contributed by atoms with van der Waals surface area (Å²) < 4.78 is 1.74. The van der Waals surface area contributed by atoms with Crippen molar-refractivity contribution in [2.75, 3.05) is 11.9 Å². The molecule has 1 aliphatic heterocycles. The maximum atomic E-state index is 12.3. The van der Waals surface area contributed by atoms with Crippen molar-refractivity contribution in [1.29, 1.82) is 0 Å². The molecule has 0 bridgehead atoms. The first-order chi connectivity index (χ1) is 9.74. The molecule has 1 N–H and O–H groups in total. The maximum Gasteiger partial charge on any atom is 0.323 e. The molecule has 0 saturated heterocycles. The molecule has 2 amide bonds. The number of rotatable bonds is 6. The van der Waals surface area contributed by atoms with E-state index in [2.05, 4.69) is 35.6 Å². The van der Waals surface area contributed by atoms with Crippen molar-refractivity contribution >= 4 is 11.8 Å². The second-order valence-corrected chi connectivity index (χ2v) is 5.09. The lowest BCUT2D eigenvalue weighted by Crippen LogP contribution is -2.39. The molecule has 1 atom stereocenters. The van der Waals surface area contributed by atoms with Crippen molar-refractivity contribution in [3.05, 3.63) is 18.3 Å². The summed E-state index contributed by atoms with van der Waals surface area (Å²) in [6.07, 6.45) is 10.2. The van der Waals surface area contributed by atoms with Gasteiger partial charge in [-0.3, -0.25) is 10.00 Å². The highest BCUT2D eigenvalue weighted by Gasteiger charge is 2.24. The SMILES string of the molecule is CCCC[C@H]1C=CCN1C(=O)Nc1cn(CCC)nn1. The fourth-order valence-corrected chi connectivity index (χ4v) is 2.35. The van der Waals surface area contributed by atoms with Crippen LogP contribution in [0.15, 0.2) is 18.3 Å². The highest BCUT2D eigenvalue weighted by Crippen LogP contribution is 2.17. The van der Waals surface area contributed by atoms with Crippen LogP contribution in [0.1, 0.15) is 39.5 Å². The molecule has 0 radical (unpaired) electrons. The van der Waals surface area contributed by atoms with E-state index in [4.69, 9.17) is 0 Å². The van der Waals surface area contributed by atoms with Crippen LogP contribution in [-0.4, -0.2) is 38.5 Å². The van der Waals surface area contributed by atoms with Crippen LogP contribution in [0.5, 0.6) is 0 Å². The Labute approximate surface area is 119 Å². The second kappa shape index (κ2) is 7.07. The van der Waals surface area contributed by atoms with Crippen LogP contribution >= 0.6 is 0 Å². The number of aromatic nitrogens is 3. The molecular formula is C14H23N5O. The molecule has 2 heterocycles. The molecule has 6 nitrogen and oxygen atoms in total. The van der Waals surface area contributed by atoms with Crippen molar-refractivity contribution < 1.29 is 4.79 Å². The van der Waals surface area contributed by atoms with Gasteiger partial charge in [-0.05, 0) is 12.8 Å². The van der Waals surface area contributed by atoms with E-state index >= 15 is 0 Å². The topological polar surface area (TPSA) is 63.1 Å². The monoisotopic (exact) mass is 277 g/mol. The Bertz CT molecular complexity index is 468. The average molecular weight is 277 g/mol. The van der Waals surface area contributed by atoms with Crippen LogP contribution in [0.25, 0.3) is 0 Å². The summed E-state index contributed by atoms with van der Waals surface area (Å²) in [5, 5.41) is 10.8. The lowest BCUT2D eigenvalue weighted by Gasteiger charge is -2.24. The van der Waals surface area contributed by atoms with E-state index < -0.39 is 0 Å². The number of carbonyl (C=O) groups excluding carboxylic acids is 1. The van der Waals surface area contributed by atoms with E-state index in [0.29, 0.717) is 12.4 Å². The van der Waals surface area contributed by atoms with Gasteiger partial charge in [-0.2, -0.15) is 0 Å². The number of amides is 2. The molecule has 0 unspecified atom stereocenters. The third-order valence-corrected chi connectivity index (χ3v) is 3.40. The van der Waals surface area contributed by atoms with Gasteiger partial charge in [-0.1, -0.05) is 44.1 Å². The third kappa shape index (κ3) is 3.59. The summed E-state index contributed by atoms with van der Waals surface area (Å²) >= 11 is 0. The average Bonchev–Trinajstić information content (AvgIpc) is 3.06. The second-order valence-electron chi connectivity index (χ2n) is 5.09. The minimum absolute atomic E-state index is 0.0975. The lowest BCUT2D eigenvalue weighted by molar-refractivity contribution is 0.208. The third-order valence-electron chi connectivity index (χ3n) is 3.40. The van der Waals surface area contributed by atoms with Gasteiger partial charge in [0.2, 0.25) is 0 Å². The molecule has 1 aromatic rings. The van der Waals surface area contributed by atoms with Crippen LogP contribution in [0.4, 0.5) is 10.6 Å². The van der Waals surface area contributed by atoms with Crippen molar-refractivity contribution in [3.8, 4) is 0 Å². The molecule has 0 fully saturated rings. The van der Waals surface area contributed by atoms with Crippen molar-refractivity contribution in [2.45, 2.75) is 52.1 Å². The van der Waals surface area contributed by atoms with Gasteiger partial charge < -0.3 is 4.90 Å². The minimum atomic E-state index is -0.0975. The smallest absolute Gasteiger partial charge is 0.314 e. The predicted molar refractivity (Wildman–Crippen MR) is 78.5 cm³/mol. The van der Waals surface area contributed by atoms with Gasteiger partial charge in [0, 0.05) is 13.1 Å². The normalized spacial score (nSPS) is 17.7. The molecule has 6 heteroatoms. The number of anilines is 1. The molecule has 20 heavy (non-hydrogen) atoms. The van der Waals surface area contributed by atoms with Gasteiger partial charge in [0.25, 0.3) is 0 Å². The molecule has 2 rings (SSSR count). The van der Waals surface area contributed by atoms with Gasteiger partial charge >= 0.3 is 6.03 Å². The largest absolute Gasteiger partial charge is 0.323 e. The predicted octanol–water partition coefficient (Wildman–Crippen LogP) is 2.65. The van der Waals surface area contributed by atoms with E-state index in [-0.39, 0.29) is 12.1 Å². The number of hydrogen-bond donors (Lipinski definition) is 1. The van der Waals surface area contributed by atoms with Crippen molar-refractivity contribution in [2.24, 2.45) is 0 Å². The summed E-state index contributed by atoms with van der Waals surface area (Å²) in [6, 6.07) is 0.111. The van der Waals surface area contributed by atoms with Gasteiger partial charge in [0.15, 0.2) is 5.82 Å². The molecule has 1 aromatic heterocycles. The van der Waals surface area contributed by atoms with Crippen LogP contribution in [-0.2, 0) is 6.54 Å². The zero-order valence-corrected chi connectivity index (χ0v) is 12.2. The first kappa shape index (κ1) is 14.6. The Morgan fingerprint density at radius 1 is 1.45 bits per heavy atom. The van der Waals surface area contributed by atoms with Crippen LogP contribution in [0, 0.1) is 0 Å². The Hall–Kier alpha value is -1.85. The summed E-state index contributed by atoms with van der Waals surface area (Å²) in [7, 11) is 0. The number of unbranched alkanes of at least 4 members (excludes halogenated alkanes) is 1. The van der Waals surface area contributed by atoms with E-state index in [0.717, 1.165) is 32.2 Å². The zero-order chi connectivity index (χ0) is 14.4. The molecule has 0 aliphatic carbocycles. The van der Waals surface area contributed by atoms with E-state index in [9.17, 15) is 4.79 Å². The summed E-state index contributed by atoms with van der Waals surface area (Å²) in [5.41, 5.74) is 0. The van der Waals surface area contributed by atoms with Crippen LogP contribution in [0.3, 0.4) is 0 Å². The molecule has 0 aromatic carbocycles. The molecule has 1 aliphatic rings. The van der Waals surface area contributed by atoms with Crippen molar-refractivity contribution in [3.63, 3.8) is 0 Å². The molecule has 0 saturated carbocycles. The highest BCUT2D eigenvalue weighted by atomic mass is 16.2. The van der Waals surface area contributed by atoms with Crippen molar-refractivity contribution in [1.82, 2.24) is 19.9 Å². The number of nitrogens with zero attached hydrogens (tertiary/aromatic N) is 4. The van der Waals surface area contributed by atoms with E-state index in [1.54, 1.807) is 10.9 Å². The Morgan fingerprint density at radius 3 is 3.05 bits per heavy atom. The number of nitrogens with one attached hydrogen (secondary N) is 1. The Morgan fingerprint density at radius 2 is 2.30 bits per heavy atom. The molecule has 110 valence electrons. The number of aryl methyl sites for hydroxylation is 1. The molecular weight excluding hydrogens is 254 g/mol. The van der Waals surface area contributed by atoms with Gasteiger partial charge in [-0.25, -0.2) is 4.79 Å². The first-order valence-electron chi connectivity index (χ1n) is 7.39. The van der Waals surface area contributed by atoms with Gasteiger partial charge in [0.05, 0.1) is 12.2 Å². The fourth-order valence-electron chi connectivity index (χ4n) is 2.35. The number of carbonyl (C=O) groups is 1. The summed E-state index contributed by atoms with van der Waals surface area (Å²) in [5.74, 6) is 0.518. The highest BCUT2D eigenvalue weighted by molar-refractivity contribution is 5.88. The molecule has 0 spiro atoms. The quantitative estimate of drug-likeness (QED) is 0.813. The van der Waals surface area contributed by atoms with Crippen LogP contribution in [0.2, 0.25) is 0 Å². The Kier molecular flexibility index (Phi) is 5.15. The number of hydrogen-bond acceptors (Lipinski definition) is 3. The zero-order valence-electron chi connectivity index (χ0n) is 12.2. The fraction of sp³-hybridized carbons (Fsp3) is 0.643. The van der Waals surface area contributed by atoms with Crippen LogP contribution < -0.4 is 5.32 Å². The summed E-state index contributed by atoms with van der Waals surface area (Å²) in [6.45, 7) is 5.72. The van der Waals surface area contributed by atoms with Gasteiger partial charge in [0.1, 0.15) is 0 Å². The number of urea groups is 1. The first-order valence-corrected chi connectivity index (χ1v) is 7.39. The lowest BCUT2D eigenvalue weighted by atomic mass is 10.1.